The molecule has 1 aliphatic rings. The van der Waals surface area contributed by atoms with Crippen LogP contribution in [0.4, 0.5) is 0 Å². The second-order valence-electron chi connectivity index (χ2n) is 5.29. The van der Waals surface area contributed by atoms with E-state index in [1.54, 1.807) is 0 Å². The van der Waals surface area contributed by atoms with Crippen molar-refractivity contribution in [3.8, 4) is 0 Å². The van der Waals surface area contributed by atoms with E-state index in [0.717, 1.165) is 26.1 Å². The van der Waals surface area contributed by atoms with Crippen LogP contribution in [0, 0.1) is 5.92 Å². The summed E-state index contributed by atoms with van der Waals surface area (Å²) in [6, 6.07) is 0.228. The van der Waals surface area contributed by atoms with Gasteiger partial charge in [-0.3, -0.25) is 4.79 Å². The van der Waals surface area contributed by atoms with Crippen molar-refractivity contribution in [1.82, 2.24) is 10.2 Å². The molecule has 1 atom stereocenters. The van der Waals surface area contributed by atoms with E-state index in [9.17, 15) is 4.79 Å². The van der Waals surface area contributed by atoms with Crippen molar-refractivity contribution in [3.63, 3.8) is 0 Å². The Morgan fingerprint density at radius 1 is 1.53 bits per heavy atom. The summed E-state index contributed by atoms with van der Waals surface area (Å²) in [7, 11) is 0. The zero-order valence-electron chi connectivity index (χ0n) is 11.1. The molecule has 1 unspecified atom stereocenters. The lowest BCUT2D eigenvalue weighted by Gasteiger charge is -2.32. The summed E-state index contributed by atoms with van der Waals surface area (Å²) >= 11 is 0. The number of hydrogen-bond donors (Lipinski definition) is 2. The summed E-state index contributed by atoms with van der Waals surface area (Å²) < 4.78 is 0. The van der Waals surface area contributed by atoms with Crippen molar-refractivity contribution in [2.75, 3.05) is 26.2 Å². The maximum Gasteiger partial charge on any atom is 0.221 e. The average molecular weight is 242 g/mol. The number of rotatable bonds is 6. The van der Waals surface area contributed by atoms with Gasteiger partial charge >= 0.3 is 0 Å². The van der Waals surface area contributed by atoms with E-state index in [2.05, 4.69) is 10.2 Å². The minimum absolute atomic E-state index is 0.143. The molecule has 0 saturated carbocycles. The van der Waals surface area contributed by atoms with Gasteiger partial charge in [0, 0.05) is 32.2 Å². The first-order chi connectivity index (χ1) is 8.11. The third kappa shape index (κ3) is 6.03. The van der Waals surface area contributed by atoms with Gasteiger partial charge in [-0.1, -0.05) is 0 Å². The van der Waals surface area contributed by atoms with Crippen molar-refractivity contribution in [1.29, 1.82) is 0 Å². The monoisotopic (exact) mass is 242 g/mol. The van der Waals surface area contributed by atoms with Crippen LogP contribution in [0.25, 0.3) is 0 Å². The first-order valence-corrected chi connectivity index (χ1v) is 6.74. The largest absolute Gasteiger partial charge is 0.396 e. The fourth-order valence-electron chi connectivity index (χ4n) is 2.43. The summed E-state index contributed by atoms with van der Waals surface area (Å²) in [5.41, 5.74) is 0. The Labute approximate surface area is 104 Å². The van der Waals surface area contributed by atoms with Crippen LogP contribution in [0.2, 0.25) is 0 Å². The second-order valence-corrected chi connectivity index (χ2v) is 5.29. The number of piperidine rings is 1. The van der Waals surface area contributed by atoms with E-state index >= 15 is 0 Å². The van der Waals surface area contributed by atoms with Gasteiger partial charge in [-0.05, 0) is 45.6 Å². The molecule has 0 aliphatic carbocycles. The van der Waals surface area contributed by atoms with Crippen LogP contribution in [0.5, 0.6) is 0 Å². The molecule has 1 fully saturated rings. The third-order valence-electron chi connectivity index (χ3n) is 3.25. The molecule has 0 aromatic heterocycles. The summed E-state index contributed by atoms with van der Waals surface area (Å²) in [5.74, 6) is 0.756. The van der Waals surface area contributed by atoms with Crippen molar-refractivity contribution in [2.24, 2.45) is 5.92 Å². The number of hydrogen-bond acceptors (Lipinski definition) is 3. The lowest BCUT2D eigenvalue weighted by molar-refractivity contribution is -0.122. The molecule has 1 saturated heterocycles. The molecule has 2 N–H and O–H groups in total. The number of aliphatic hydroxyl groups excluding tert-OH is 1. The molecule has 1 rings (SSSR count). The fraction of sp³-hybridized carbons (Fsp3) is 0.923. The van der Waals surface area contributed by atoms with Gasteiger partial charge in [0.05, 0.1) is 0 Å². The van der Waals surface area contributed by atoms with Crippen LogP contribution in [0.15, 0.2) is 0 Å². The minimum atomic E-state index is 0.143. The maximum atomic E-state index is 11.5. The standard InChI is InChI=1S/C13H26N2O2/c1-11(2)14-13(17)5-8-15-7-3-4-12(10-15)6-9-16/h11-12,16H,3-10H2,1-2H3,(H,14,17). The Kier molecular flexibility index (Phi) is 6.52. The normalized spacial score (nSPS) is 21.8. The minimum Gasteiger partial charge on any atom is -0.396 e. The molecule has 1 heterocycles. The fourth-order valence-corrected chi connectivity index (χ4v) is 2.43. The Balaban J connectivity index is 2.20. The molecule has 1 aliphatic heterocycles. The zero-order valence-corrected chi connectivity index (χ0v) is 11.1. The number of likely N-dealkylation sites (tertiary alicyclic amines) is 1. The third-order valence-corrected chi connectivity index (χ3v) is 3.25. The zero-order chi connectivity index (χ0) is 12.7. The van der Waals surface area contributed by atoms with Gasteiger partial charge in [-0.2, -0.15) is 0 Å². The van der Waals surface area contributed by atoms with Crippen LogP contribution in [-0.4, -0.2) is 48.2 Å². The van der Waals surface area contributed by atoms with E-state index in [0.29, 0.717) is 12.3 Å². The van der Waals surface area contributed by atoms with Gasteiger partial charge in [0.1, 0.15) is 0 Å². The van der Waals surface area contributed by atoms with E-state index in [1.165, 1.54) is 12.8 Å². The van der Waals surface area contributed by atoms with Crippen molar-refractivity contribution >= 4 is 5.91 Å². The van der Waals surface area contributed by atoms with Gasteiger partial charge in [-0.15, -0.1) is 0 Å². The Morgan fingerprint density at radius 3 is 2.94 bits per heavy atom. The lowest BCUT2D eigenvalue weighted by Crippen LogP contribution is -2.39. The molecule has 0 spiro atoms. The first kappa shape index (κ1) is 14.5. The smallest absolute Gasteiger partial charge is 0.221 e. The van der Waals surface area contributed by atoms with Crippen LogP contribution in [0.1, 0.15) is 39.5 Å². The number of carbonyl (C=O) groups excluding carboxylic acids is 1. The second kappa shape index (κ2) is 7.67. The van der Waals surface area contributed by atoms with Crippen LogP contribution < -0.4 is 5.32 Å². The average Bonchev–Trinajstić information content (AvgIpc) is 2.26. The molecule has 0 aromatic carbocycles. The summed E-state index contributed by atoms with van der Waals surface area (Å²) in [5, 5.41) is 11.9. The first-order valence-electron chi connectivity index (χ1n) is 6.74. The number of nitrogens with one attached hydrogen (secondary N) is 1. The Morgan fingerprint density at radius 2 is 2.29 bits per heavy atom. The van der Waals surface area contributed by atoms with Gasteiger partial charge in [0.2, 0.25) is 5.91 Å². The maximum absolute atomic E-state index is 11.5. The van der Waals surface area contributed by atoms with Gasteiger partial charge in [0.25, 0.3) is 0 Å². The van der Waals surface area contributed by atoms with E-state index in [4.69, 9.17) is 5.11 Å². The molecule has 4 nitrogen and oxygen atoms in total. The molecule has 4 heteroatoms. The topological polar surface area (TPSA) is 52.6 Å². The van der Waals surface area contributed by atoms with Gasteiger partial charge in [-0.25, -0.2) is 0 Å². The van der Waals surface area contributed by atoms with E-state index < -0.39 is 0 Å². The quantitative estimate of drug-likeness (QED) is 0.730. The van der Waals surface area contributed by atoms with Crippen molar-refractivity contribution in [3.05, 3.63) is 0 Å². The number of amides is 1. The molecule has 17 heavy (non-hydrogen) atoms. The highest BCUT2D eigenvalue weighted by molar-refractivity contribution is 5.76. The predicted octanol–water partition coefficient (Wildman–Crippen LogP) is 0.995. The van der Waals surface area contributed by atoms with Gasteiger partial charge < -0.3 is 15.3 Å². The molecule has 0 bridgehead atoms. The van der Waals surface area contributed by atoms with E-state index in [-0.39, 0.29) is 18.6 Å². The highest BCUT2D eigenvalue weighted by Crippen LogP contribution is 2.19. The van der Waals surface area contributed by atoms with Crippen LogP contribution in [0.3, 0.4) is 0 Å². The number of carbonyl (C=O) groups is 1. The summed E-state index contributed by atoms with van der Waals surface area (Å²) in [6.45, 7) is 7.23. The number of aliphatic hydroxyl groups is 1. The van der Waals surface area contributed by atoms with Gasteiger partial charge in [0.15, 0.2) is 0 Å². The molecule has 0 aromatic rings. The lowest BCUT2D eigenvalue weighted by atomic mass is 9.95. The molecule has 0 radical (unpaired) electrons. The molecular weight excluding hydrogens is 216 g/mol. The van der Waals surface area contributed by atoms with Crippen molar-refractivity contribution < 1.29 is 9.90 Å². The van der Waals surface area contributed by atoms with E-state index in [1.807, 2.05) is 13.8 Å². The van der Waals surface area contributed by atoms with Crippen molar-refractivity contribution in [2.45, 2.75) is 45.6 Å². The summed E-state index contributed by atoms with van der Waals surface area (Å²) in [4.78, 5) is 13.9. The van der Waals surface area contributed by atoms with Crippen LogP contribution >= 0.6 is 0 Å². The molecular formula is C13H26N2O2. The summed E-state index contributed by atoms with van der Waals surface area (Å²) in [6.07, 6.45) is 3.89. The highest BCUT2D eigenvalue weighted by Gasteiger charge is 2.19. The number of nitrogens with zero attached hydrogens (tertiary/aromatic N) is 1. The Bertz CT molecular complexity index is 229. The molecule has 1 amide bonds. The highest BCUT2D eigenvalue weighted by atomic mass is 16.3. The predicted molar refractivity (Wildman–Crippen MR) is 68.8 cm³/mol. The SMILES string of the molecule is CC(C)NC(=O)CCN1CCCC(CCO)C1. The Hall–Kier alpha value is -0.610. The van der Waals surface area contributed by atoms with Crippen LogP contribution in [-0.2, 0) is 4.79 Å². The molecule has 100 valence electrons.